The lowest BCUT2D eigenvalue weighted by atomic mass is 9.80. The molecule has 0 bridgehead atoms. The standard InChI is InChI=1S/C37H52O8Si4/c1-38-34(39-2,46-29-21-13-9-14-22-29)33(35(40-3,41-4)47-30-23-15-10-16-24-30,36(42-5,43-6)48-31-25-17-11-18-26-31)37(44-7,45-8)49-32-27-19-12-20-28-32/h9-28H,46-49H2,1-8H3. The predicted octanol–water partition coefficient (Wildman–Crippen LogP) is -0.264. The largest absolute Gasteiger partial charge is 0.356 e. The summed E-state index contributed by atoms with van der Waals surface area (Å²) in [5.41, 5.74) is -7.38. The van der Waals surface area contributed by atoms with E-state index in [0.717, 1.165) is 20.7 Å². The molecule has 8 nitrogen and oxygen atoms in total. The molecule has 0 amide bonds. The zero-order valence-electron chi connectivity index (χ0n) is 30.1. The molecule has 0 fully saturated rings. The van der Waals surface area contributed by atoms with Crippen molar-refractivity contribution in [1.29, 1.82) is 0 Å². The first-order valence-corrected chi connectivity index (χ1v) is 22.0. The molecule has 4 aromatic carbocycles. The molecule has 4 aromatic rings. The average Bonchev–Trinajstić information content (AvgIpc) is 3.17. The lowest BCUT2D eigenvalue weighted by Gasteiger charge is -2.68. The molecule has 0 aliphatic rings. The van der Waals surface area contributed by atoms with Gasteiger partial charge >= 0.3 is 0 Å². The zero-order chi connectivity index (χ0) is 35.4. The molecule has 0 unspecified atom stereocenters. The third kappa shape index (κ3) is 7.15. The summed E-state index contributed by atoms with van der Waals surface area (Å²) in [7, 11) is 7.00. The molecule has 0 heterocycles. The summed E-state index contributed by atoms with van der Waals surface area (Å²) in [6.07, 6.45) is 0. The van der Waals surface area contributed by atoms with Gasteiger partial charge in [0.05, 0.1) is 0 Å². The van der Waals surface area contributed by atoms with E-state index in [0.29, 0.717) is 0 Å². The molecule has 0 aliphatic heterocycles. The van der Waals surface area contributed by atoms with Gasteiger partial charge in [-0.2, -0.15) is 0 Å². The van der Waals surface area contributed by atoms with Crippen LogP contribution in [0.15, 0.2) is 121 Å². The second-order valence-electron chi connectivity index (χ2n) is 12.0. The Kier molecular flexibility index (Phi) is 14.1. The van der Waals surface area contributed by atoms with Crippen molar-refractivity contribution >= 4 is 58.8 Å². The van der Waals surface area contributed by atoms with E-state index in [1.807, 2.05) is 72.8 Å². The summed E-state index contributed by atoms with van der Waals surface area (Å²) >= 11 is 0. The molecule has 0 saturated heterocycles. The molecule has 0 atom stereocenters. The molecule has 0 aromatic heterocycles. The topological polar surface area (TPSA) is 73.8 Å². The highest BCUT2D eigenvalue weighted by Gasteiger charge is 2.84. The van der Waals surface area contributed by atoms with Crippen molar-refractivity contribution in [2.24, 2.45) is 5.41 Å². The summed E-state index contributed by atoms with van der Waals surface area (Å²) in [4.78, 5) is 0. The van der Waals surface area contributed by atoms with Crippen molar-refractivity contribution in [2.75, 3.05) is 56.9 Å². The van der Waals surface area contributed by atoms with Gasteiger partial charge < -0.3 is 37.9 Å². The van der Waals surface area contributed by atoms with E-state index in [9.17, 15) is 0 Å². The highest BCUT2D eigenvalue weighted by molar-refractivity contribution is 6.63. The summed E-state index contributed by atoms with van der Waals surface area (Å²) in [6.45, 7) is 0. The summed E-state index contributed by atoms with van der Waals surface area (Å²) < 4.78 is 55.4. The molecular formula is C37H52O8Si4. The van der Waals surface area contributed by atoms with E-state index in [-0.39, 0.29) is 0 Å². The Morgan fingerprint density at radius 3 is 0.592 bits per heavy atom. The van der Waals surface area contributed by atoms with Crippen LogP contribution in [0.25, 0.3) is 0 Å². The van der Waals surface area contributed by atoms with E-state index < -0.39 is 65.1 Å². The van der Waals surface area contributed by atoms with Gasteiger partial charge in [-0.1, -0.05) is 142 Å². The van der Waals surface area contributed by atoms with Gasteiger partial charge in [0, 0.05) is 56.9 Å². The van der Waals surface area contributed by atoms with E-state index in [1.54, 1.807) is 56.9 Å². The molecule has 0 N–H and O–H groups in total. The first-order chi connectivity index (χ1) is 23.8. The van der Waals surface area contributed by atoms with Crippen LogP contribution in [0.4, 0.5) is 0 Å². The fourth-order valence-electron chi connectivity index (χ4n) is 7.87. The van der Waals surface area contributed by atoms with Crippen LogP contribution in [0.1, 0.15) is 0 Å². The molecule has 4 rings (SSSR count). The Hall–Kier alpha value is -2.57. The number of benzene rings is 4. The Morgan fingerprint density at radius 1 is 0.286 bits per heavy atom. The molecule has 12 heteroatoms. The molecule has 0 aliphatic carbocycles. The summed E-state index contributed by atoms with van der Waals surface area (Å²) in [5.74, 6) is 0. The minimum atomic E-state index is -1.63. The van der Waals surface area contributed by atoms with Crippen molar-refractivity contribution < 1.29 is 37.9 Å². The number of ether oxygens (including phenoxy) is 8. The van der Waals surface area contributed by atoms with Crippen LogP contribution in [0.5, 0.6) is 0 Å². The van der Waals surface area contributed by atoms with Gasteiger partial charge in [0.25, 0.3) is 0 Å². The lowest BCUT2D eigenvalue weighted by molar-refractivity contribution is -0.451. The molecule has 0 radical (unpaired) electrons. The second-order valence-corrected chi connectivity index (χ2v) is 20.4. The minimum Gasteiger partial charge on any atom is -0.356 e. The van der Waals surface area contributed by atoms with Gasteiger partial charge in [-0.15, -0.1) is 0 Å². The third-order valence-electron chi connectivity index (χ3n) is 10.0. The van der Waals surface area contributed by atoms with Crippen LogP contribution in [-0.4, -0.2) is 117 Å². The summed E-state index contributed by atoms with van der Waals surface area (Å²) in [6, 6.07) is 41.3. The third-order valence-corrected chi connectivity index (χ3v) is 19.9. The van der Waals surface area contributed by atoms with E-state index in [4.69, 9.17) is 37.9 Å². The van der Waals surface area contributed by atoms with Crippen molar-refractivity contribution in [1.82, 2.24) is 0 Å². The fourth-order valence-corrected chi connectivity index (χ4v) is 19.0. The Morgan fingerprint density at radius 2 is 0.449 bits per heavy atom. The first kappa shape index (κ1) is 39.2. The molecule has 264 valence electrons. The van der Waals surface area contributed by atoms with Crippen LogP contribution >= 0.6 is 0 Å². The van der Waals surface area contributed by atoms with Crippen molar-refractivity contribution in [3.05, 3.63) is 121 Å². The highest BCUT2D eigenvalue weighted by atomic mass is 28.2. The maximum atomic E-state index is 6.92. The Bertz CT molecular complexity index is 1280. The van der Waals surface area contributed by atoms with Gasteiger partial charge in [-0.05, 0) is 0 Å². The van der Waals surface area contributed by atoms with E-state index >= 15 is 0 Å². The fraction of sp³-hybridized carbons (Fsp3) is 0.351. The molecule has 0 saturated carbocycles. The smallest absolute Gasteiger partial charge is 0.168 e. The Balaban J connectivity index is 2.31. The zero-order valence-corrected chi connectivity index (χ0v) is 35.8. The van der Waals surface area contributed by atoms with Crippen LogP contribution in [0.2, 0.25) is 0 Å². The normalized spacial score (nSPS) is 15.0. The lowest BCUT2D eigenvalue weighted by Crippen LogP contribution is -2.90. The second kappa shape index (κ2) is 17.6. The average molecular weight is 737 g/mol. The van der Waals surface area contributed by atoms with Gasteiger partial charge in [0.1, 0.15) is 38.1 Å². The Labute approximate surface area is 301 Å². The number of hydrogen-bond donors (Lipinski definition) is 0. The first-order valence-electron chi connectivity index (χ1n) is 16.4. The van der Waals surface area contributed by atoms with Gasteiger partial charge in [0.15, 0.2) is 27.1 Å². The van der Waals surface area contributed by atoms with Crippen LogP contribution < -0.4 is 20.7 Å². The van der Waals surface area contributed by atoms with Crippen LogP contribution in [0, 0.1) is 5.41 Å². The molecule has 49 heavy (non-hydrogen) atoms. The van der Waals surface area contributed by atoms with Gasteiger partial charge in [-0.3, -0.25) is 0 Å². The van der Waals surface area contributed by atoms with Crippen LogP contribution in [0.3, 0.4) is 0 Å². The molecular weight excluding hydrogens is 685 g/mol. The van der Waals surface area contributed by atoms with Crippen molar-refractivity contribution in [3.63, 3.8) is 0 Å². The number of hydrogen-bond acceptors (Lipinski definition) is 8. The van der Waals surface area contributed by atoms with Gasteiger partial charge in [-0.25, -0.2) is 0 Å². The molecule has 0 spiro atoms. The van der Waals surface area contributed by atoms with Crippen molar-refractivity contribution in [2.45, 2.75) is 21.6 Å². The maximum absolute atomic E-state index is 6.92. The maximum Gasteiger partial charge on any atom is 0.168 e. The predicted molar refractivity (Wildman–Crippen MR) is 208 cm³/mol. The van der Waals surface area contributed by atoms with Crippen LogP contribution in [-0.2, 0) is 37.9 Å². The highest BCUT2D eigenvalue weighted by Crippen LogP contribution is 2.61. The minimum absolute atomic E-state index is 1.10. The number of methoxy groups -OCH3 is 8. The van der Waals surface area contributed by atoms with Gasteiger partial charge in [0.2, 0.25) is 0 Å². The SMILES string of the molecule is COC(OC)([SiH2]c1ccccc1)C(C(OC)(OC)[SiH2]c1ccccc1)(C(OC)(OC)[SiH2]c1ccccc1)C(OC)(OC)[SiH2]c1ccccc1. The monoisotopic (exact) mass is 736 g/mol. The summed E-state index contributed by atoms with van der Waals surface area (Å²) in [5, 5.41) is 4.40. The number of rotatable bonds is 20. The van der Waals surface area contributed by atoms with Crippen molar-refractivity contribution in [3.8, 4) is 0 Å². The van der Waals surface area contributed by atoms with E-state index in [1.165, 1.54) is 0 Å². The van der Waals surface area contributed by atoms with E-state index in [2.05, 4.69) is 48.5 Å². The quantitative estimate of drug-likeness (QED) is 0.0909.